The Hall–Kier alpha value is -2.13. The highest BCUT2D eigenvalue weighted by Gasteiger charge is 2.19. The summed E-state index contributed by atoms with van der Waals surface area (Å²) < 4.78 is 2.18. The van der Waals surface area contributed by atoms with Crippen LogP contribution in [0, 0.1) is 0 Å². The molecule has 0 amide bonds. The van der Waals surface area contributed by atoms with Gasteiger partial charge in [0.15, 0.2) is 0 Å². The van der Waals surface area contributed by atoms with Crippen molar-refractivity contribution in [3.8, 4) is 0 Å². The molecule has 2 aromatic heterocycles. The van der Waals surface area contributed by atoms with Crippen LogP contribution in [0.3, 0.4) is 0 Å². The lowest BCUT2D eigenvalue weighted by atomic mass is 9.93. The third-order valence-electron chi connectivity index (χ3n) is 4.35. The molecule has 2 heterocycles. The zero-order chi connectivity index (χ0) is 14.2. The number of hydrogen-bond donors (Lipinski definition) is 1. The van der Waals surface area contributed by atoms with Crippen LogP contribution in [0.25, 0.3) is 10.9 Å². The molecule has 0 saturated heterocycles. The third-order valence-corrected chi connectivity index (χ3v) is 4.35. The molecule has 0 radical (unpaired) electrons. The number of rotatable bonds is 2. The first-order valence-corrected chi connectivity index (χ1v) is 7.50. The van der Waals surface area contributed by atoms with Gasteiger partial charge >= 0.3 is 0 Å². The average Bonchev–Trinajstić information content (AvgIpc) is 2.92. The summed E-state index contributed by atoms with van der Waals surface area (Å²) in [5.41, 5.74) is 4.68. The Balaban J connectivity index is 1.72. The molecule has 1 aliphatic rings. The maximum atomic E-state index is 10.1. The van der Waals surface area contributed by atoms with Gasteiger partial charge in [-0.2, -0.15) is 0 Å². The van der Waals surface area contributed by atoms with Gasteiger partial charge in [-0.3, -0.25) is 4.98 Å². The summed E-state index contributed by atoms with van der Waals surface area (Å²) in [6.45, 7) is 0.800. The van der Waals surface area contributed by atoms with Crippen LogP contribution in [0.5, 0.6) is 0 Å². The van der Waals surface area contributed by atoms with Crippen molar-refractivity contribution in [2.75, 3.05) is 0 Å². The maximum Gasteiger partial charge on any atom is 0.0807 e. The lowest BCUT2D eigenvalue weighted by molar-refractivity contribution is 0.157. The van der Waals surface area contributed by atoms with E-state index in [4.69, 9.17) is 0 Å². The lowest BCUT2D eigenvalue weighted by Crippen LogP contribution is -2.05. The molecule has 1 aromatic carbocycles. The van der Waals surface area contributed by atoms with Crippen LogP contribution in [0.2, 0.25) is 0 Å². The van der Waals surface area contributed by atoms with Gasteiger partial charge in [0.2, 0.25) is 0 Å². The second-order valence-electron chi connectivity index (χ2n) is 5.81. The molecule has 1 aliphatic carbocycles. The van der Waals surface area contributed by atoms with Crippen molar-refractivity contribution in [3.63, 3.8) is 0 Å². The average molecular weight is 278 g/mol. The number of aliphatic hydroxyl groups is 1. The molecule has 3 aromatic rings. The number of pyridine rings is 1. The predicted molar refractivity (Wildman–Crippen MR) is 83.2 cm³/mol. The van der Waals surface area contributed by atoms with E-state index in [1.54, 1.807) is 0 Å². The van der Waals surface area contributed by atoms with E-state index in [9.17, 15) is 5.11 Å². The topological polar surface area (TPSA) is 38.0 Å². The molecular weight excluding hydrogens is 260 g/mol. The summed E-state index contributed by atoms with van der Waals surface area (Å²) in [5, 5.41) is 11.3. The normalized spacial score (nSPS) is 17.9. The van der Waals surface area contributed by atoms with E-state index in [0.29, 0.717) is 0 Å². The van der Waals surface area contributed by atoms with E-state index in [0.717, 1.165) is 36.9 Å². The molecule has 1 atom stereocenters. The Morgan fingerprint density at radius 1 is 1.19 bits per heavy atom. The van der Waals surface area contributed by atoms with Gasteiger partial charge < -0.3 is 9.67 Å². The quantitative estimate of drug-likeness (QED) is 0.779. The van der Waals surface area contributed by atoms with E-state index in [1.165, 1.54) is 16.5 Å². The molecule has 0 aliphatic heterocycles. The van der Waals surface area contributed by atoms with E-state index in [1.807, 2.05) is 12.3 Å². The molecule has 1 unspecified atom stereocenters. The number of fused-ring (bicyclic) bond motifs is 2. The minimum absolute atomic E-state index is 0.291. The minimum Gasteiger partial charge on any atom is -0.388 e. The molecule has 3 nitrogen and oxygen atoms in total. The van der Waals surface area contributed by atoms with Gasteiger partial charge in [0, 0.05) is 36.1 Å². The number of aryl methyl sites for hydroxylation is 1. The van der Waals surface area contributed by atoms with Gasteiger partial charge in [0.1, 0.15) is 0 Å². The zero-order valence-electron chi connectivity index (χ0n) is 11.9. The number of aliphatic hydroxyl groups excluding tert-OH is 1. The highest BCUT2D eigenvalue weighted by atomic mass is 16.3. The summed E-state index contributed by atoms with van der Waals surface area (Å²) >= 11 is 0. The van der Waals surface area contributed by atoms with E-state index >= 15 is 0 Å². The highest BCUT2D eigenvalue weighted by Crippen LogP contribution is 2.30. The van der Waals surface area contributed by atoms with E-state index in [-0.39, 0.29) is 6.10 Å². The minimum atomic E-state index is -0.291. The first-order valence-electron chi connectivity index (χ1n) is 7.50. The molecule has 0 fully saturated rings. The lowest BCUT2D eigenvalue weighted by Gasteiger charge is -2.16. The molecule has 0 spiro atoms. The molecular formula is C18H18N2O. The Bertz CT molecular complexity index is 786. The summed E-state index contributed by atoms with van der Waals surface area (Å²) in [6, 6.07) is 10.4. The molecule has 3 heteroatoms. The van der Waals surface area contributed by atoms with Gasteiger partial charge in [-0.15, -0.1) is 0 Å². The molecule has 4 rings (SSSR count). The monoisotopic (exact) mass is 278 g/mol. The second kappa shape index (κ2) is 5.01. The number of benzene rings is 1. The summed E-state index contributed by atoms with van der Waals surface area (Å²) in [4.78, 5) is 4.51. The van der Waals surface area contributed by atoms with Crippen LogP contribution in [0.15, 0.2) is 48.9 Å². The van der Waals surface area contributed by atoms with Crippen molar-refractivity contribution >= 4 is 10.9 Å². The third kappa shape index (κ3) is 2.24. The fraction of sp³-hybridized carbons (Fsp3) is 0.278. The Labute approximate surface area is 123 Å². The largest absolute Gasteiger partial charge is 0.388 e. The van der Waals surface area contributed by atoms with Crippen LogP contribution >= 0.6 is 0 Å². The first-order chi connectivity index (χ1) is 10.3. The van der Waals surface area contributed by atoms with Gasteiger partial charge in [-0.05, 0) is 36.5 Å². The van der Waals surface area contributed by atoms with Gasteiger partial charge in [-0.1, -0.05) is 24.3 Å². The van der Waals surface area contributed by atoms with E-state index in [2.05, 4.69) is 46.2 Å². The summed E-state index contributed by atoms with van der Waals surface area (Å²) in [5.74, 6) is 0. The van der Waals surface area contributed by atoms with Crippen molar-refractivity contribution in [3.05, 3.63) is 65.6 Å². The van der Waals surface area contributed by atoms with Crippen LogP contribution in [-0.2, 0) is 13.0 Å². The maximum absolute atomic E-state index is 10.1. The Morgan fingerprint density at radius 3 is 3.00 bits per heavy atom. The molecule has 0 saturated carbocycles. The molecule has 0 bridgehead atoms. The van der Waals surface area contributed by atoms with Gasteiger partial charge in [-0.25, -0.2) is 0 Å². The van der Waals surface area contributed by atoms with E-state index < -0.39 is 0 Å². The Kier molecular flexibility index (Phi) is 3.00. The van der Waals surface area contributed by atoms with Crippen molar-refractivity contribution in [1.29, 1.82) is 0 Å². The van der Waals surface area contributed by atoms with Crippen LogP contribution < -0.4 is 0 Å². The van der Waals surface area contributed by atoms with Gasteiger partial charge in [0.05, 0.1) is 11.6 Å². The smallest absolute Gasteiger partial charge is 0.0807 e. The standard InChI is InChI=1S/C18H18N2O/c21-17-8-2-5-14-10-20(12-16(14)17)11-15-6-1-4-13-7-3-9-19-18(13)15/h1,3-4,6-7,9-10,12,17,21H,2,5,8,11H2. The van der Waals surface area contributed by atoms with Crippen molar-refractivity contribution in [2.24, 2.45) is 0 Å². The Morgan fingerprint density at radius 2 is 2.10 bits per heavy atom. The summed E-state index contributed by atoms with van der Waals surface area (Å²) in [7, 11) is 0. The van der Waals surface area contributed by atoms with Crippen molar-refractivity contribution < 1.29 is 5.11 Å². The van der Waals surface area contributed by atoms with Crippen LogP contribution in [-0.4, -0.2) is 14.7 Å². The molecule has 106 valence electrons. The predicted octanol–water partition coefficient (Wildman–Crippen LogP) is 3.45. The van der Waals surface area contributed by atoms with Gasteiger partial charge in [0.25, 0.3) is 0 Å². The van der Waals surface area contributed by atoms with Crippen molar-refractivity contribution in [2.45, 2.75) is 31.9 Å². The fourth-order valence-electron chi connectivity index (χ4n) is 3.31. The number of hydrogen-bond acceptors (Lipinski definition) is 2. The zero-order valence-corrected chi connectivity index (χ0v) is 11.9. The molecule has 21 heavy (non-hydrogen) atoms. The second-order valence-corrected chi connectivity index (χ2v) is 5.81. The van der Waals surface area contributed by atoms with Crippen molar-refractivity contribution in [1.82, 2.24) is 9.55 Å². The fourth-order valence-corrected chi connectivity index (χ4v) is 3.31. The highest BCUT2D eigenvalue weighted by molar-refractivity contribution is 5.81. The SMILES string of the molecule is OC1CCCc2cn(Cc3cccc4cccnc34)cc21. The number of para-hydroxylation sites is 1. The van der Waals surface area contributed by atoms with Crippen LogP contribution in [0.4, 0.5) is 0 Å². The summed E-state index contributed by atoms with van der Waals surface area (Å²) in [6.07, 6.45) is 8.87. The first kappa shape index (κ1) is 12.6. The molecule has 1 N–H and O–H groups in total. The van der Waals surface area contributed by atoms with Crippen LogP contribution in [0.1, 0.15) is 35.6 Å². The number of nitrogens with zero attached hydrogens (tertiary/aromatic N) is 2. The number of aromatic nitrogens is 2.